The fourth-order valence-electron chi connectivity index (χ4n) is 1.52. The van der Waals surface area contributed by atoms with Crippen LogP contribution in [0.25, 0.3) is 0 Å². The zero-order chi connectivity index (χ0) is 10.1. The highest BCUT2D eigenvalue weighted by atomic mass is 19.1. The van der Waals surface area contributed by atoms with Crippen molar-refractivity contribution in [3.8, 4) is 0 Å². The number of carbonyl (C=O) groups excluding carboxylic acids is 1. The molecule has 4 heteroatoms. The van der Waals surface area contributed by atoms with E-state index in [1.807, 2.05) is 4.90 Å². The minimum Gasteiger partial charge on any atom is -0.355 e. The standard InChI is InChI=1S/C9H15FN2O/c1-7(8(13)11-3)4-12-5-9(2,10)6-12/h1,4-6H2,2-3H3,(H,11,13). The summed E-state index contributed by atoms with van der Waals surface area (Å²) in [4.78, 5) is 12.9. The maximum atomic E-state index is 13.0. The Morgan fingerprint density at radius 2 is 2.23 bits per heavy atom. The van der Waals surface area contributed by atoms with Gasteiger partial charge >= 0.3 is 0 Å². The monoisotopic (exact) mass is 186 g/mol. The first kappa shape index (κ1) is 10.2. The van der Waals surface area contributed by atoms with Crippen molar-refractivity contribution < 1.29 is 9.18 Å². The number of rotatable bonds is 3. The van der Waals surface area contributed by atoms with Crippen molar-refractivity contribution in [1.82, 2.24) is 10.2 Å². The van der Waals surface area contributed by atoms with Crippen LogP contribution in [0.15, 0.2) is 12.2 Å². The van der Waals surface area contributed by atoms with Gasteiger partial charge in [0.2, 0.25) is 5.91 Å². The van der Waals surface area contributed by atoms with Gasteiger partial charge in [0.25, 0.3) is 0 Å². The Balaban J connectivity index is 2.28. The number of halogens is 1. The molecule has 0 saturated carbocycles. The van der Waals surface area contributed by atoms with Crippen molar-refractivity contribution in [2.45, 2.75) is 12.6 Å². The van der Waals surface area contributed by atoms with Gasteiger partial charge in [0.05, 0.1) is 0 Å². The van der Waals surface area contributed by atoms with Crippen LogP contribution < -0.4 is 5.32 Å². The number of likely N-dealkylation sites (tertiary alicyclic amines) is 1. The van der Waals surface area contributed by atoms with E-state index < -0.39 is 5.67 Å². The predicted octanol–water partition coefficient (Wildman–Crippen LogP) is 0.332. The summed E-state index contributed by atoms with van der Waals surface area (Å²) in [7, 11) is 1.56. The van der Waals surface area contributed by atoms with Crippen molar-refractivity contribution in [3.05, 3.63) is 12.2 Å². The van der Waals surface area contributed by atoms with Gasteiger partial charge in [0, 0.05) is 32.3 Å². The summed E-state index contributed by atoms with van der Waals surface area (Å²) in [6.45, 7) is 6.42. The van der Waals surface area contributed by atoms with Crippen molar-refractivity contribution in [2.75, 3.05) is 26.7 Å². The second-order valence-electron chi connectivity index (χ2n) is 3.74. The lowest BCUT2D eigenvalue weighted by atomic mass is 9.98. The van der Waals surface area contributed by atoms with E-state index in [9.17, 15) is 9.18 Å². The summed E-state index contributed by atoms with van der Waals surface area (Å²) in [6.07, 6.45) is 0. The Bertz CT molecular complexity index is 230. The molecule has 0 atom stereocenters. The highest BCUT2D eigenvalue weighted by Gasteiger charge is 2.38. The molecule has 1 saturated heterocycles. The minimum absolute atomic E-state index is 0.174. The van der Waals surface area contributed by atoms with Crippen molar-refractivity contribution in [1.29, 1.82) is 0 Å². The van der Waals surface area contributed by atoms with Gasteiger partial charge in [-0.25, -0.2) is 4.39 Å². The summed E-state index contributed by atoms with van der Waals surface area (Å²) >= 11 is 0. The largest absolute Gasteiger partial charge is 0.355 e. The van der Waals surface area contributed by atoms with Crippen LogP contribution in [0, 0.1) is 0 Å². The topological polar surface area (TPSA) is 32.3 Å². The number of carbonyl (C=O) groups is 1. The number of alkyl halides is 1. The molecule has 1 aliphatic rings. The van der Waals surface area contributed by atoms with Crippen molar-refractivity contribution in [3.63, 3.8) is 0 Å². The maximum absolute atomic E-state index is 13.0. The van der Waals surface area contributed by atoms with E-state index in [0.29, 0.717) is 25.2 Å². The van der Waals surface area contributed by atoms with Crippen LogP contribution in [0.2, 0.25) is 0 Å². The van der Waals surface area contributed by atoms with E-state index in [-0.39, 0.29) is 5.91 Å². The molecule has 1 rings (SSSR count). The molecule has 1 aliphatic heterocycles. The fraction of sp³-hybridized carbons (Fsp3) is 0.667. The molecule has 0 aromatic carbocycles. The van der Waals surface area contributed by atoms with Gasteiger partial charge < -0.3 is 5.32 Å². The smallest absolute Gasteiger partial charge is 0.247 e. The van der Waals surface area contributed by atoms with Crippen LogP contribution in [-0.2, 0) is 4.79 Å². The lowest BCUT2D eigenvalue weighted by Gasteiger charge is -2.42. The van der Waals surface area contributed by atoms with E-state index >= 15 is 0 Å². The molecule has 0 unspecified atom stereocenters. The maximum Gasteiger partial charge on any atom is 0.247 e. The highest BCUT2D eigenvalue weighted by molar-refractivity contribution is 5.92. The minimum atomic E-state index is -1.08. The van der Waals surface area contributed by atoms with Crippen molar-refractivity contribution in [2.24, 2.45) is 0 Å². The second kappa shape index (κ2) is 3.46. The average molecular weight is 186 g/mol. The van der Waals surface area contributed by atoms with E-state index in [0.717, 1.165) is 0 Å². The van der Waals surface area contributed by atoms with Crippen LogP contribution in [-0.4, -0.2) is 43.2 Å². The van der Waals surface area contributed by atoms with Crippen LogP contribution in [0.1, 0.15) is 6.92 Å². The first-order valence-electron chi connectivity index (χ1n) is 4.26. The van der Waals surface area contributed by atoms with E-state index in [4.69, 9.17) is 0 Å². The molecule has 74 valence electrons. The predicted molar refractivity (Wildman–Crippen MR) is 49.2 cm³/mol. The lowest BCUT2D eigenvalue weighted by Crippen LogP contribution is -2.57. The molecule has 0 spiro atoms. The number of hydrogen-bond donors (Lipinski definition) is 1. The summed E-state index contributed by atoms with van der Waals surface area (Å²) < 4.78 is 13.0. The van der Waals surface area contributed by atoms with E-state index in [2.05, 4.69) is 11.9 Å². The van der Waals surface area contributed by atoms with Gasteiger partial charge in [-0.15, -0.1) is 0 Å². The zero-order valence-electron chi connectivity index (χ0n) is 8.06. The molecule has 1 amide bonds. The fourth-order valence-corrected chi connectivity index (χ4v) is 1.52. The Labute approximate surface area is 77.6 Å². The number of nitrogens with zero attached hydrogens (tertiary/aromatic N) is 1. The molecule has 0 aromatic heterocycles. The number of hydrogen-bond acceptors (Lipinski definition) is 2. The molecular formula is C9H15FN2O. The van der Waals surface area contributed by atoms with Gasteiger partial charge in [-0.1, -0.05) is 6.58 Å². The molecular weight excluding hydrogens is 171 g/mol. The summed E-state index contributed by atoms with van der Waals surface area (Å²) in [6, 6.07) is 0. The van der Waals surface area contributed by atoms with Gasteiger partial charge in [-0.3, -0.25) is 9.69 Å². The molecule has 1 heterocycles. The molecule has 0 aromatic rings. The van der Waals surface area contributed by atoms with Crippen LogP contribution in [0.4, 0.5) is 4.39 Å². The number of nitrogens with one attached hydrogen (secondary N) is 1. The van der Waals surface area contributed by atoms with E-state index in [1.54, 1.807) is 14.0 Å². The molecule has 13 heavy (non-hydrogen) atoms. The quantitative estimate of drug-likeness (QED) is 0.644. The third kappa shape index (κ3) is 2.52. The molecule has 0 aliphatic carbocycles. The van der Waals surface area contributed by atoms with Crippen molar-refractivity contribution >= 4 is 5.91 Å². The Morgan fingerprint density at radius 3 is 2.62 bits per heavy atom. The Morgan fingerprint density at radius 1 is 1.69 bits per heavy atom. The molecule has 0 radical (unpaired) electrons. The number of amides is 1. The van der Waals surface area contributed by atoms with Crippen LogP contribution in [0.5, 0.6) is 0 Å². The Hall–Kier alpha value is -0.900. The first-order chi connectivity index (χ1) is 5.94. The van der Waals surface area contributed by atoms with Gasteiger partial charge in [0.15, 0.2) is 0 Å². The summed E-state index contributed by atoms with van der Waals surface area (Å²) in [5.41, 5.74) is -0.596. The average Bonchev–Trinajstić information content (AvgIpc) is 1.99. The third-order valence-electron chi connectivity index (χ3n) is 2.07. The van der Waals surface area contributed by atoms with Crippen LogP contribution >= 0.6 is 0 Å². The van der Waals surface area contributed by atoms with Gasteiger partial charge in [-0.05, 0) is 6.92 Å². The third-order valence-corrected chi connectivity index (χ3v) is 2.07. The normalized spacial score (nSPS) is 20.5. The summed E-state index contributed by atoms with van der Waals surface area (Å²) in [5, 5.41) is 2.48. The SMILES string of the molecule is C=C(CN1CC(C)(F)C1)C(=O)NC. The lowest BCUT2D eigenvalue weighted by molar-refractivity contribution is -0.117. The molecule has 1 fully saturated rings. The molecule has 1 N–H and O–H groups in total. The van der Waals surface area contributed by atoms with Gasteiger partial charge in [0.1, 0.15) is 5.67 Å². The van der Waals surface area contributed by atoms with Gasteiger partial charge in [-0.2, -0.15) is 0 Å². The second-order valence-corrected chi connectivity index (χ2v) is 3.74. The summed E-state index contributed by atoms with van der Waals surface area (Å²) in [5.74, 6) is -0.174. The highest BCUT2D eigenvalue weighted by Crippen LogP contribution is 2.24. The number of likely N-dealkylation sites (N-methyl/N-ethyl adjacent to an activating group) is 1. The first-order valence-corrected chi connectivity index (χ1v) is 4.26. The molecule has 3 nitrogen and oxygen atoms in total. The zero-order valence-corrected chi connectivity index (χ0v) is 8.06. The molecule has 0 bridgehead atoms. The van der Waals surface area contributed by atoms with Crippen LogP contribution in [0.3, 0.4) is 0 Å². The van der Waals surface area contributed by atoms with E-state index in [1.165, 1.54) is 0 Å². The Kier molecular flexibility index (Phi) is 2.71.